The molecule has 0 saturated carbocycles. The van der Waals surface area contributed by atoms with Gasteiger partial charge in [0.15, 0.2) is 0 Å². The van der Waals surface area contributed by atoms with E-state index in [-0.39, 0.29) is 18.5 Å². The van der Waals surface area contributed by atoms with Crippen molar-refractivity contribution in [3.05, 3.63) is 36.5 Å². The molecule has 1 amide bonds. The Balaban J connectivity index is 3.43. The Hall–Kier alpha value is -1.92. The van der Waals surface area contributed by atoms with Gasteiger partial charge in [-0.1, -0.05) is 314 Å². The second kappa shape index (κ2) is 64.6. The van der Waals surface area contributed by atoms with Crippen molar-refractivity contribution >= 4 is 11.9 Å². The number of carbonyl (C=O) groups excluding carboxylic acids is 2. The lowest BCUT2D eigenvalue weighted by molar-refractivity contribution is -0.143. The molecule has 3 N–H and O–H groups in total. The van der Waals surface area contributed by atoms with E-state index >= 15 is 0 Å². The average Bonchev–Trinajstić information content (AvgIpc) is 3.41. The van der Waals surface area contributed by atoms with Crippen LogP contribution < -0.4 is 5.32 Å². The SMILES string of the molecule is CCCC/C=C\CCCCCCCC(=O)OCCCCCCCCCCC/C=C\C/C=C\CCCCCCCCCCCCCC(=O)NC(CO)C(O)CCCCCCCCCCCCCCCCCCCCCC. The molecule has 6 heteroatoms. The Labute approximate surface area is 468 Å². The van der Waals surface area contributed by atoms with Crippen molar-refractivity contribution in [2.75, 3.05) is 13.2 Å². The molecule has 0 aromatic rings. The number of unbranched alkanes of at least 4 members (excludes halogenated alkanes) is 46. The first-order valence-electron chi connectivity index (χ1n) is 33.7. The Morgan fingerprint density at radius 3 is 1.07 bits per heavy atom. The predicted octanol–water partition coefficient (Wildman–Crippen LogP) is 21.5. The third kappa shape index (κ3) is 61.2. The zero-order valence-corrected chi connectivity index (χ0v) is 50.5. The zero-order chi connectivity index (χ0) is 54.3. The van der Waals surface area contributed by atoms with E-state index in [2.05, 4.69) is 55.6 Å². The van der Waals surface area contributed by atoms with Crippen LogP contribution in [0.15, 0.2) is 36.5 Å². The smallest absolute Gasteiger partial charge is 0.305 e. The molecule has 0 aliphatic carbocycles. The van der Waals surface area contributed by atoms with Gasteiger partial charge >= 0.3 is 5.97 Å². The molecule has 0 aromatic carbocycles. The summed E-state index contributed by atoms with van der Waals surface area (Å²) in [6.45, 7) is 4.94. The first-order valence-corrected chi connectivity index (χ1v) is 33.7. The number of nitrogens with one attached hydrogen (secondary N) is 1. The van der Waals surface area contributed by atoms with E-state index in [1.807, 2.05) is 0 Å². The summed E-state index contributed by atoms with van der Waals surface area (Å²) in [7, 11) is 0. The molecule has 0 spiro atoms. The maximum absolute atomic E-state index is 12.5. The normalized spacial score (nSPS) is 12.7. The first-order chi connectivity index (χ1) is 37.0. The van der Waals surface area contributed by atoms with Gasteiger partial charge in [0.05, 0.1) is 25.4 Å². The van der Waals surface area contributed by atoms with Gasteiger partial charge in [-0.05, 0) is 77.0 Å². The molecule has 2 unspecified atom stereocenters. The molecular formula is C69H131NO5. The van der Waals surface area contributed by atoms with E-state index in [0.717, 1.165) is 51.4 Å². The highest BCUT2D eigenvalue weighted by Gasteiger charge is 2.20. The third-order valence-electron chi connectivity index (χ3n) is 15.7. The van der Waals surface area contributed by atoms with E-state index in [1.54, 1.807) is 0 Å². The summed E-state index contributed by atoms with van der Waals surface area (Å²) in [5.74, 6) is -0.0350. The molecule has 0 saturated heterocycles. The Bertz CT molecular complexity index is 1210. The second-order valence-corrected chi connectivity index (χ2v) is 23.1. The molecule has 0 radical (unpaired) electrons. The largest absolute Gasteiger partial charge is 0.466 e. The first kappa shape index (κ1) is 73.1. The molecule has 0 aliphatic rings. The van der Waals surface area contributed by atoms with Gasteiger partial charge in [-0.15, -0.1) is 0 Å². The number of esters is 1. The van der Waals surface area contributed by atoms with Gasteiger partial charge in [0, 0.05) is 12.8 Å². The van der Waals surface area contributed by atoms with Crippen LogP contribution in [-0.2, 0) is 14.3 Å². The van der Waals surface area contributed by atoms with Gasteiger partial charge in [0.25, 0.3) is 0 Å². The van der Waals surface area contributed by atoms with Gasteiger partial charge in [-0.25, -0.2) is 0 Å². The molecule has 0 fully saturated rings. The Morgan fingerprint density at radius 1 is 0.373 bits per heavy atom. The molecule has 6 nitrogen and oxygen atoms in total. The summed E-state index contributed by atoms with van der Waals surface area (Å²) in [4.78, 5) is 24.5. The number of rotatable bonds is 63. The highest BCUT2D eigenvalue weighted by molar-refractivity contribution is 5.76. The van der Waals surface area contributed by atoms with Crippen LogP contribution in [0.4, 0.5) is 0 Å². The van der Waals surface area contributed by atoms with Crippen molar-refractivity contribution in [3.63, 3.8) is 0 Å². The predicted molar refractivity (Wildman–Crippen MR) is 329 cm³/mol. The fraction of sp³-hybridized carbons (Fsp3) is 0.884. The number of aliphatic hydroxyl groups is 2. The molecule has 0 aliphatic heterocycles. The lowest BCUT2D eigenvalue weighted by atomic mass is 10.0. The van der Waals surface area contributed by atoms with E-state index in [0.29, 0.717) is 25.9 Å². The minimum absolute atomic E-state index is 0.000251. The number of hydrogen-bond donors (Lipinski definition) is 3. The average molecular weight is 1050 g/mol. The minimum atomic E-state index is -0.668. The molecule has 0 bridgehead atoms. The van der Waals surface area contributed by atoms with Crippen LogP contribution in [0.5, 0.6) is 0 Å². The Kier molecular flexibility index (Phi) is 63.0. The van der Waals surface area contributed by atoms with Crippen molar-refractivity contribution in [3.8, 4) is 0 Å². The summed E-state index contributed by atoms with van der Waals surface area (Å²) in [5, 5.41) is 23.4. The van der Waals surface area contributed by atoms with E-state index in [1.165, 1.54) is 283 Å². The van der Waals surface area contributed by atoms with Crippen LogP contribution in [-0.4, -0.2) is 47.4 Å². The van der Waals surface area contributed by atoms with Crippen molar-refractivity contribution in [2.24, 2.45) is 0 Å². The van der Waals surface area contributed by atoms with Crippen LogP contribution in [0.1, 0.15) is 367 Å². The maximum Gasteiger partial charge on any atom is 0.305 e. The standard InChI is InChI=1S/C69H131NO5/c1-3-5-7-9-11-13-15-16-17-18-19-29-32-35-38-42-45-49-53-57-61-67(72)66(65-71)70-68(73)62-58-54-50-46-43-39-36-33-30-27-25-23-21-20-22-24-26-28-31-34-37-40-44-48-52-56-60-64-75-69(74)63-59-55-51-47-41-14-12-10-8-6-4-2/h10,12,20-21,24,26,66-67,71-72H,3-9,11,13-19,22-23,25,27-65H2,1-2H3,(H,70,73)/b12-10-,21-20-,26-24-. The van der Waals surface area contributed by atoms with Crippen molar-refractivity contribution in [2.45, 2.75) is 379 Å². The number of carbonyl (C=O) groups is 2. The number of hydrogen-bond acceptors (Lipinski definition) is 5. The van der Waals surface area contributed by atoms with Crippen molar-refractivity contribution in [1.82, 2.24) is 5.32 Å². The number of allylic oxidation sites excluding steroid dienone is 6. The highest BCUT2D eigenvalue weighted by atomic mass is 16.5. The van der Waals surface area contributed by atoms with Crippen LogP contribution in [0, 0.1) is 0 Å². The molecule has 0 heterocycles. The summed E-state index contributed by atoms with van der Waals surface area (Å²) in [6, 6.07) is -0.545. The van der Waals surface area contributed by atoms with Crippen molar-refractivity contribution < 1.29 is 24.5 Å². The van der Waals surface area contributed by atoms with Gasteiger partial charge in [-0.3, -0.25) is 9.59 Å². The minimum Gasteiger partial charge on any atom is -0.466 e. The van der Waals surface area contributed by atoms with Crippen LogP contribution in [0.3, 0.4) is 0 Å². The summed E-state index contributed by atoms with van der Waals surface area (Å²) >= 11 is 0. The fourth-order valence-electron chi connectivity index (χ4n) is 10.5. The van der Waals surface area contributed by atoms with Gasteiger partial charge in [-0.2, -0.15) is 0 Å². The van der Waals surface area contributed by atoms with E-state index in [4.69, 9.17) is 4.74 Å². The molecule has 442 valence electrons. The number of ether oxygens (including phenoxy) is 1. The molecule has 2 atom stereocenters. The third-order valence-corrected chi connectivity index (χ3v) is 15.7. The monoisotopic (exact) mass is 1050 g/mol. The quantitative estimate of drug-likeness (QED) is 0.0320. The summed E-state index contributed by atoms with van der Waals surface area (Å²) < 4.78 is 5.46. The van der Waals surface area contributed by atoms with Gasteiger partial charge < -0.3 is 20.3 Å². The van der Waals surface area contributed by atoms with E-state index < -0.39 is 12.1 Å². The van der Waals surface area contributed by atoms with Crippen molar-refractivity contribution in [1.29, 1.82) is 0 Å². The molecular weight excluding hydrogens is 923 g/mol. The highest BCUT2D eigenvalue weighted by Crippen LogP contribution is 2.18. The maximum atomic E-state index is 12.5. The second-order valence-electron chi connectivity index (χ2n) is 23.1. The number of aliphatic hydroxyl groups excluding tert-OH is 2. The Morgan fingerprint density at radius 2 is 0.680 bits per heavy atom. The van der Waals surface area contributed by atoms with Gasteiger partial charge in [0.2, 0.25) is 5.91 Å². The van der Waals surface area contributed by atoms with E-state index in [9.17, 15) is 19.8 Å². The van der Waals surface area contributed by atoms with Crippen LogP contribution in [0.25, 0.3) is 0 Å². The van der Waals surface area contributed by atoms with Crippen LogP contribution in [0.2, 0.25) is 0 Å². The lowest BCUT2D eigenvalue weighted by Crippen LogP contribution is -2.45. The zero-order valence-electron chi connectivity index (χ0n) is 50.5. The molecule has 75 heavy (non-hydrogen) atoms. The molecule has 0 aromatic heterocycles. The fourth-order valence-corrected chi connectivity index (χ4v) is 10.5. The summed E-state index contributed by atoms with van der Waals surface area (Å²) in [5.41, 5.74) is 0. The number of amides is 1. The van der Waals surface area contributed by atoms with Crippen LogP contribution >= 0.6 is 0 Å². The topological polar surface area (TPSA) is 95.9 Å². The summed E-state index contributed by atoms with van der Waals surface area (Å²) in [6.07, 6.45) is 81.8. The molecule has 0 rings (SSSR count). The van der Waals surface area contributed by atoms with Gasteiger partial charge in [0.1, 0.15) is 0 Å². The lowest BCUT2D eigenvalue weighted by Gasteiger charge is -2.22.